The van der Waals surface area contributed by atoms with Gasteiger partial charge in [0, 0.05) is 37.8 Å². The molecule has 0 radical (unpaired) electrons. The molecule has 1 saturated carbocycles. The number of imide groups is 1. The molecule has 2 aromatic carbocycles. The molecule has 3 fully saturated rings. The quantitative estimate of drug-likeness (QED) is 0.0962. The van der Waals surface area contributed by atoms with Gasteiger partial charge in [-0.3, -0.25) is 14.7 Å². The topological polar surface area (TPSA) is 223 Å². The Kier molecular flexibility index (Phi) is 9.96. The molecule has 6 atom stereocenters. The molecule has 55 heavy (non-hydrogen) atoms. The fourth-order valence-corrected chi connectivity index (χ4v) is 7.76. The minimum absolute atomic E-state index is 0.0129. The van der Waals surface area contributed by atoms with Crippen LogP contribution in [0.4, 0.5) is 27.0 Å². The average molecular weight is 748 g/mol. The maximum atomic E-state index is 12.9. The van der Waals surface area contributed by atoms with E-state index >= 15 is 0 Å². The second-order valence-electron chi connectivity index (χ2n) is 14.0. The first kappa shape index (κ1) is 35.8. The Hall–Kier alpha value is -6.17. The molecule has 1 aliphatic carbocycles. The number of rotatable bonds is 11. The van der Waals surface area contributed by atoms with Crippen LogP contribution in [-0.4, -0.2) is 119 Å². The van der Waals surface area contributed by atoms with E-state index in [-0.39, 0.29) is 24.4 Å². The molecule has 0 spiro atoms. The first-order valence-electron chi connectivity index (χ1n) is 18.2. The van der Waals surface area contributed by atoms with Gasteiger partial charge in [-0.15, -0.1) is 0 Å². The maximum absolute atomic E-state index is 12.9. The van der Waals surface area contributed by atoms with E-state index in [0.29, 0.717) is 54.7 Å². The number of amides is 5. The molecule has 0 bridgehead atoms. The van der Waals surface area contributed by atoms with Gasteiger partial charge in [-0.1, -0.05) is 60.7 Å². The van der Waals surface area contributed by atoms with Crippen molar-refractivity contribution < 1.29 is 29.7 Å². The van der Waals surface area contributed by atoms with E-state index in [9.17, 15) is 29.7 Å². The van der Waals surface area contributed by atoms with E-state index in [1.165, 1.54) is 6.33 Å². The summed E-state index contributed by atoms with van der Waals surface area (Å²) in [6, 6.07) is 19.4. The monoisotopic (exact) mass is 747 g/mol. The van der Waals surface area contributed by atoms with Crippen molar-refractivity contribution in [3.63, 3.8) is 0 Å². The Morgan fingerprint density at radius 2 is 1.67 bits per heavy atom. The second kappa shape index (κ2) is 15.3. The third-order valence-electron chi connectivity index (χ3n) is 10.6. The number of hydrogen-bond acceptors (Lipinski definition) is 12. The summed E-state index contributed by atoms with van der Waals surface area (Å²) in [5, 5.41) is 43.9. The third-order valence-corrected chi connectivity index (χ3v) is 10.6. The van der Waals surface area contributed by atoms with Gasteiger partial charge < -0.3 is 46.1 Å². The molecule has 5 amide bonds. The van der Waals surface area contributed by atoms with Gasteiger partial charge in [-0.25, -0.2) is 14.6 Å². The van der Waals surface area contributed by atoms with Crippen LogP contribution in [0.5, 0.6) is 0 Å². The van der Waals surface area contributed by atoms with Gasteiger partial charge >= 0.3 is 12.1 Å². The summed E-state index contributed by atoms with van der Waals surface area (Å²) in [6.07, 6.45) is 2.50. The van der Waals surface area contributed by atoms with Gasteiger partial charge in [0.2, 0.25) is 5.95 Å². The van der Waals surface area contributed by atoms with Crippen molar-refractivity contribution in [1.29, 1.82) is 0 Å². The van der Waals surface area contributed by atoms with Gasteiger partial charge in [-0.2, -0.15) is 9.97 Å². The lowest BCUT2D eigenvalue weighted by Crippen LogP contribution is -2.47. The zero-order chi connectivity index (χ0) is 38.1. The van der Waals surface area contributed by atoms with Crippen LogP contribution in [-0.2, 0) is 4.79 Å². The summed E-state index contributed by atoms with van der Waals surface area (Å²) in [7, 11) is 0. The number of imidazole rings is 1. The predicted octanol–water partition coefficient (Wildman–Crippen LogP) is 1.81. The van der Waals surface area contributed by atoms with E-state index < -0.39 is 48.9 Å². The van der Waals surface area contributed by atoms with Crippen molar-refractivity contribution in [2.24, 2.45) is 0 Å². The Bertz CT molecular complexity index is 2120. The van der Waals surface area contributed by atoms with Crippen LogP contribution in [0.1, 0.15) is 35.9 Å². The van der Waals surface area contributed by atoms with E-state index in [1.807, 2.05) is 41.3 Å². The van der Waals surface area contributed by atoms with Crippen LogP contribution < -0.4 is 26.2 Å². The Morgan fingerprint density at radius 1 is 0.945 bits per heavy atom. The van der Waals surface area contributed by atoms with Crippen LogP contribution in [0.25, 0.3) is 11.2 Å². The third kappa shape index (κ3) is 7.11. The summed E-state index contributed by atoms with van der Waals surface area (Å²) >= 11 is 0. The number of benzene rings is 2. The highest BCUT2D eigenvalue weighted by molar-refractivity contribution is 6.04. The van der Waals surface area contributed by atoms with Gasteiger partial charge in [0.05, 0.1) is 36.9 Å². The minimum atomic E-state index is -1.46. The second-order valence-corrected chi connectivity index (χ2v) is 14.0. The molecular formula is C38H41N11O6. The van der Waals surface area contributed by atoms with Crippen molar-refractivity contribution in [2.45, 2.75) is 55.1 Å². The molecular weight excluding hydrogens is 706 g/mol. The van der Waals surface area contributed by atoms with Crippen molar-refractivity contribution >= 4 is 46.6 Å². The number of aliphatic hydroxyl groups excluding tert-OH is 3. The summed E-state index contributed by atoms with van der Waals surface area (Å²) < 4.78 is 1.65. The van der Waals surface area contributed by atoms with E-state index in [0.717, 1.165) is 16.0 Å². The lowest BCUT2D eigenvalue weighted by Gasteiger charge is -2.24. The summed E-state index contributed by atoms with van der Waals surface area (Å²) in [5.74, 6) is 0.102. The number of urea groups is 2. The molecule has 6 unspecified atom stereocenters. The van der Waals surface area contributed by atoms with Crippen LogP contribution >= 0.6 is 0 Å². The molecule has 5 heterocycles. The van der Waals surface area contributed by atoms with Crippen LogP contribution in [0, 0.1) is 0 Å². The Morgan fingerprint density at radius 3 is 2.35 bits per heavy atom. The highest BCUT2D eigenvalue weighted by Gasteiger charge is 2.52. The largest absolute Gasteiger partial charge is 0.394 e. The van der Waals surface area contributed by atoms with Gasteiger partial charge in [0.15, 0.2) is 17.0 Å². The molecule has 284 valence electrons. The number of aliphatic hydroxyl groups is 3. The molecule has 17 heteroatoms. The Balaban J connectivity index is 1.10. The first-order valence-corrected chi connectivity index (χ1v) is 18.2. The summed E-state index contributed by atoms with van der Waals surface area (Å²) in [5.41, 5.74) is 3.58. The molecule has 7 N–H and O–H groups in total. The Labute approximate surface area is 315 Å². The zero-order valence-corrected chi connectivity index (χ0v) is 29.6. The lowest BCUT2D eigenvalue weighted by molar-refractivity contribution is -0.131. The van der Waals surface area contributed by atoms with E-state index in [1.54, 1.807) is 29.1 Å². The molecule has 5 aromatic rings. The van der Waals surface area contributed by atoms with Crippen molar-refractivity contribution in [3.05, 3.63) is 103 Å². The number of nitrogens with zero attached hydrogens (tertiary/aromatic N) is 7. The molecule has 3 aromatic heterocycles. The van der Waals surface area contributed by atoms with Gasteiger partial charge in [-0.05, 0) is 36.1 Å². The molecule has 3 aliphatic rings. The summed E-state index contributed by atoms with van der Waals surface area (Å²) in [6.45, 7) is 0.824. The number of aromatic nitrogens is 5. The highest BCUT2D eigenvalue weighted by atomic mass is 16.3. The number of anilines is 3. The highest BCUT2D eigenvalue weighted by Crippen LogP contribution is 2.38. The van der Waals surface area contributed by atoms with Crippen LogP contribution in [0.2, 0.25) is 0 Å². The number of pyridine rings is 1. The summed E-state index contributed by atoms with van der Waals surface area (Å²) in [4.78, 5) is 60.0. The fourth-order valence-electron chi connectivity index (χ4n) is 7.76. The smallest absolute Gasteiger partial charge is 0.325 e. The van der Waals surface area contributed by atoms with Gasteiger partial charge in [0.1, 0.15) is 18.2 Å². The average Bonchev–Trinajstić information content (AvgIpc) is 3.98. The zero-order valence-electron chi connectivity index (χ0n) is 29.6. The number of fused-ring (bicyclic) bond motifs is 1. The first-order chi connectivity index (χ1) is 26.8. The van der Waals surface area contributed by atoms with Crippen molar-refractivity contribution in [3.8, 4) is 0 Å². The van der Waals surface area contributed by atoms with Crippen molar-refractivity contribution in [2.75, 3.05) is 41.8 Å². The van der Waals surface area contributed by atoms with E-state index in [4.69, 9.17) is 9.97 Å². The van der Waals surface area contributed by atoms with Crippen molar-refractivity contribution in [1.82, 2.24) is 40.0 Å². The molecule has 17 nitrogen and oxygen atoms in total. The number of carbonyl (C=O) groups excluding carboxylic acids is 3. The molecule has 2 aliphatic heterocycles. The molecule has 8 rings (SSSR count). The SMILES string of the molecule is O=C(Nc1cccnc1)NC1CCN(c2nc(NCC(c3ccccc3)c3ccccc3)c3ncn(C4CC(N5C(=O)NC(CO)C5=O)C(O)C4O)c3n2)C1. The lowest BCUT2D eigenvalue weighted by atomic mass is 9.91. The van der Waals surface area contributed by atoms with E-state index in [2.05, 4.69) is 55.5 Å². The molecule has 2 saturated heterocycles. The predicted molar refractivity (Wildman–Crippen MR) is 201 cm³/mol. The number of hydrogen-bond donors (Lipinski definition) is 7. The maximum Gasteiger partial charge on any atom is 0.325 e. The van der Waals surface area contributed by atoms with Crippen LogP contribution in [0.15, 0.2) is 91.5 Å². The number of carbonyl (C=O) groups is 3. The minimum Gasteiger partial charge on any atom is -0.394 e. The van der Waals surface area contributed by atoms with Gasteiger partial charge in [0.25, 0.3) is 5.91 Å². The van der Waals surface area contributed by atoms with Crippen LogP contribution in [0.3, 0.4) is 0 Å². The number of nitrogens with one attached hydrogen (secondary N) is 4. The standard InChI is InChI=1S/C38H41N11O6/c50-20-27-35(53)49(38(55)44-27)29-16-28(31(51)32(29)52)48-21-41-30-33(40-18-26(22-8-3-1-4-9-22)23-10-5-2-6-11-23)45-36(46-34(30)48)47-15-13-25(19-47)43-37(54)42-24-12-7-14-39-17-24/h1-12,14,17,21,25-29,31-32,50-52H,13,15-16,18-20H2,(H,44,55)(H,40,45,46)(H2,42,43,54). The normalized spacial score (nSPS) is 23.8. The fraction of sp³-hybridized carbons (Fsp3) is 0.342.